The Kier molecular flexibility index (Phi) is 3.96. The molecule has 0 saturated carbocycles. The third kappa shape index (κ3) is 2.95. The van der Waals surface area contributed by atoms with Crippen molar-refractivity contribution in [3.8, 4) is 0 Å². The number of hydrogen-bond donors (Lipinski definition) is 1. The molecule has 1 rings (SSSR count). The lowest BCUT2D eigenvalue weighted by Crippen LogP contribution is -2.24. The van der Waals surface area contributed by atoms with Crippen molar-refractivity contribution in [1.29, 1.82) is 0 Å². The SMILES string of the molecule is CC(C)(C)OC(=O)c1c(C=O)[nH]c(Br)c1Br. The van der Waals surface area contributed by atoms with Gasteiger partial charge in [-0.05, 0) is 52.6 Å². The molecule has 0 aliphatic heterocycles. The molecule has 1 aromatic rings. The highest BCUT2D eigenvalue weighted by Gasteiger charge is 2.25. The van der Waals surface area contributed by atoms with E-state index in [1.165, 1.54) is 0 Å². The molecule has 0 atom stereocenters. The van der Waals surface area contributed by atoms with Gasteiger partial charge in [-0.1, -0.05) is 0 Å². The second-order valence-corrected chi connectivity index (χ2v) is 5.75. The van der Waals surface area contributed by atoms with Gasteiger partial charge in [0, 0.05) is 0 Å². The van der Waals surface area contributed by atoms with Crippen LogP contribution in [0.5, 0.6) is 0 Å². The summed E-state index contributed by atoms with van der Waals surface area (Å²) >= 11 is 6.40. The van der Waals surface area contributed by atoms with Crippen molar-refractivity contribution < 1.29 is 14.3 Å². The average molecular weight is 353 g/mol. The highest BCUT2D eigenvalue weighted by molar-refractivity contribution is 9.13. The summed E-state index contributed by atoms with van der Waals surface area (Å²) in [6.45, 7) is 5.29. The number of aldehydes is 1. The number of halogens is 2. The third-order valence-electron chi connectivity index (χ3n) is 1.65. The number of esters is 1. The third-order valence-corrected chi connectivity index (χ3v) is 3.57. The summed E-state index contributed by atoms with van der Waals surface area (Å²) in [4.78, 5) is 25.3. The van der Waals surface area contributed by atoms with E-state index in [0.717, 1.165) is 0 Å². The molecular formula is C10H11Br2NO3. The summed E-state index contributed by atoms with van der Waals surface area (Å²) < 4.78 is 6.22. The van der Waals surface area contributed by atoms with E-state index in [4.69, 9.17) is 4.74 Å². The largest absolute Gasteiger partial charge is 0.456 e. The summed E-state index contributed by atoms with van der Waals surface area (Å²) in [5, 5.41) is 0. The molecule has 0 amide bonds. The Labute approximate surface area is 110 Å². The Morgan fingerprint density at radius 1 is 1.38 bits per heavy atom. The quantitative estimate of drug-likeness (QED) is 0.656. The van der Waals surface area contributed by atoms with Gasteiger partial charge in [-0.25, -0.2) is 4.79 Å². The lowest BCUT2D eigenvalue weighted by molar-refractivity contribution is 0.00674. The molecule has 88 valence electrons. The fourth-order valence-electron chi connectivity index (χ4n) is 1.08. The summed E-state index contributed by atoms with van der Waals surface area (Å²) in [6, 6.07) is 0. The van der Waals surface area contributed by atoms with Crippen molar-refractivity contribution in [1.82, 2.24) is 4.98 Å². The van der Waals surface area contributed by atoms with E-state index in [1.54, 1.807) is 20.8 Å². The van der Waals surface area contributed by atoms with Crippen molar-refractivity contribution in [2.24, 2.45) is 0 Å². The highest BCUT2D eigenvalue weighted by Crippen LogP contribution is 2.30. The minimum atomic E-state index is -0.597. The predicted molar refractivity (Wildman–Crippen MR) is 66.7 cm³/mol. The molecule has 0 spiro atoms. The molecule has 0 bridgehead atoms. The second kappa shape index (κ2) is 4.71. The predicted octanol–water partition coefficient (Wildman–Crippen LogP) is 3.31. The smallest absolute Gasteiger partial charge is 0.342 e. The van der Waals surface area contributed by atoms with Gasteiger partial charge < -0.3 is 9.72 Å². The maximum absolute atomic E-state index is 11.8. The Morgan fingerprint density at radius 2 is 1.94 bits per heavy atom. The van der Waals surface area contributed by atoms with Crippen LogP contribution in [0.3, 0.4) is 0 Å². The Bertz CT molecular complexity index is 432. The van der Waals surface area contributed by atoms with Crippen molar-refractivity contribution in [2.45, 2.75) is 26.4 Å². The monoisotopic (exact) mass is 351 g/mol. The van der Waals surface area contributed by atoms with Crippen LogP contribution in [-0.4, -0.2) is 22.8 Å². The lowest BCUT2D eigenvalue weighted by atomic mass is 10.2. The number of carbonyl (C=O) groups excluding carboxylic acids is 2. The Balaban J connectivity index is 3.12. The molecule has 0 aromatic carbocycles. The number of aromatic nitrogens is 1. The normalized spacial score (nSPS) is 11.3. The topological polar surface area (TPSA) is 59.2 Å². The van der Waals surface area contributed by atoms with Crippen LogP contribution in [0.2, 0.25) is 0 Å². The van der Waals surface area contributed by atoms with Gasteiger partial charge in [-0.15, -0.1) is 0 Å². The van der Waals surface area contributed by atoms with Gasteiger partial charge in [0.2, 0.25) is 0 Å². The van der Waals surface area contributed by atoms with Crippen LogP contribution in [-0.2, 0) is 4.74 Å². The van der Waals surface area contributed by atoms with Crippen molar-refractivity contribution in [2.75, 3.05) is 0 Å². The molecule has 0 fully saturated rings. The summed E-state index contributed by atoms with van der Waals surface area (Å²) in [7, 11) is 0. The van der Waals surface area contributed by atoms with Gasteiger partial charge in [-0.2, -0.15) is 0 Å². The number of H-pyrrole nitrogens is 1. The first kappa shape index (κ1) is 13.4. The van der Waals surface area contributed by atoms with Gasteiger partial charge in [0.05, 0.1) is 14.8 Å². The van der Waals surface area contributed by atoms with E-state index in [1.807, 2.05) is 0 Å². The summed E-state index contributed by atoms with van der Waals surface area (Å²) in [5.74, 6) is -0.538. The molecule has 6 heteroatoms. The van der Waals surface area contributed by atoms with Gasteiger partial charge in [0.1, 0.15) is 11.2 Å². The number of ether oxygens (including phenoxy) is 1. The van der Waals surface area contributed by atoms with Crippen LogP contribution in [0, 0.1) is 0 Å². The van der Waals surface area contributed by atoms with Crippen LogP contribution < -0.4 is 0 Å². The lowest BCUT2D eigenvalue weighted by Gasteiger charge is -2.19. The van der Waals surface area contributed by atoms with Gasteiger partial charge in [-0.3, -0.25) is 4.79 Å². The fraction of sp³-hybridized carbons (Fsp3) is 0.400. The highest BCUT2D eigenvalue weighted by atomic mass is 79.9. The van der Waals surface area contributed by atoms with E-state index in [2.05, 4.69) is 36.8 Å². The van der Waals surface area contributed by atoms with Crippen LogP contribution in [0.1, 0.15) is 41.6 Å². The zero-order chi connectivity index (χ0) is 12.5. The number of hydrogen-bond acceptors (Lipinski definition) is 3. The second-order valence-electron chi connectivity index (χ2n) is 4.16. The zero-order valence-corrected chi connectivity index (χ0v) is 12.2. The Hall–Kier alpha value is -0.620. The summed E-state index contributed by atoms with van der Waals surface area (Å²) in [6.07, 6.45) is 0.578. The number of rotatable bonds is 2. The number of carbonyl (C=O) groups is 2. The first-order valence-corrected chi connectivity index (χ1v) is 6.10. The standard InChI is InChI=1S/C10H11Br2NO3/c1-10(2,3)16-9(15)6-5(4-14)13-8(12)7(6)11/h4,13H,1-3H3. The molecule has 0 aliphatic carbocycles. The van der Waals surface area contributed by atoms with Gasteiger partial charge in [0.25, 0.3) is 0 Å². The average Bonchev–Trinajstić information content (AvgIpc) is 2.40. The van der Waals surface area contributed by atoms with E-state index in [0.29, 0.717) is 15.4 Å². The maximum atomic E-state index is 11.8. The van der Waals surface area contributed by atoms with E-state index >= 15 is 0 Å². The molecular weight excluding hydrogens is 342 g/mol. The number of aromatic amines is 1. The molecule has 1 heterocycles. The van der Waals surface area contributed by atoms with Crippen molar-refractivity contribution in [3.05, 3.63) is 20.3 Å². The molecule has 0 radical (unpaired) electrons. The minimum Gasteiger partial charge on any atom is -0.456 e. The summed E-state index contributed by atoms with van der Waals surface area (Å²) in [5.41, 5.74) is -0.203. The van der Waals surface area contributed by atoms with Crippen LogP contribution in [0.25, 0.3) is 0 Å². The Morgan fingerprint density at radius 3 is 2.38 bits per heavy atom. The first-order chi connectivity index (χ1) is 7.26. The molecule has 4 nitrogen and oxygen atoms in total. The molecule has 0 unspecified atom stereocenters. The zero-order valence-electron chi connectivity index (χ0n) is 9.06. The van der Waals surface area contributed by atoms with Crippen LogP contribution in [0.4, 0.5) is 0 Å². The van der Waals surface area contributed by atoms with Crippen LogP contribution >= 0.6 is 31.9 Å². The van der Waals surface area contributed by atoms with E-state index in [-0.39, 0.29) is 11.3 Å². The van der Waals surface area contributed by atoms with Crippen molar-refractivity contribution >= 4 is 44.1 Å². The minimum absolute atomic E-state index is 0.188. The van der Waals surface area contributed by atoms with Crippen molar-refractivity contribution in [3.63, 3.8) is 0 Å². The fourth-order valence-corrected chi connectivity index (χ4v) is 1.97. The number of nitrogens with one attached hydrogen (secondary N) is 1. The maximum Gasteiger partial charge on any atom is 0.342 e. The molecule has 1 aromatic heterocycles. The molecule has 0 saturated heterocycles. The van der Waals surface area contributed by atoms with E-state index < -0.39 is 11.6 Å². The first-order valence-electron chi connectivity index (χ1n) is 4.51. The molecule has 1 N–H and O–H groups in total. The molecule has 16 heavy (non-hydrogen) atoms. The van der Waals surface area contributed by atoms with Gasteiger partial charge in [0.15, 0.2) is 6.29 Å². The van der Waals surface area contributed by atoms with Crippen LogP contribution in [0.15, 0.2) is 9.08 Å². The molecule has 0 aliphatic rings. The van der Waals surface area contributed by atoms with Gasteiger partial charge >= 0.3 is 5.97 Å². The van der Waals surface area contributed by atoms with E-state index in [9.17, 15) is 9.59 Å².